The fourth-order valence-corrected chi connectivity index (χ4v) is 2.61. The van der Waals surface area contributed by atoms with Gasteiger partial charge in [-0.3, -0.25) is 19.3 Å². The molecule has 5 heteroatoms. The monoisotopic (exact) mass is 250 g/mol. The molecular weight excluding hydrogens is 232 g/mol. The summed E-state index contributed by atoms with van der Waals surface area (Å²) in [6, 6.07) is 0. The molecule has 0 unspecified atom stereocenters. The van der Waals surface area contributed by atoms with E-state index in [-0.39, 0.29) is 29.6 Å². The zero-order valence-electron chi connectivity index (χ0n) is 10.5. The number of hydrogen-bond donors (Lipinski definition) is 1. The number of hydrogen-bond acceptors (Lipinski definition) is 3. The van der Waals surface area contributed by atoms with E-state index in [0.29, 0.717) is 32.2 Å². The van der Waals surface area contributed by atoms with E-state index in [4.69, 9.17) is 0 Å². The van der Waals surface area contributed by atoms with Crippen LogP contribution in [0.4, 0.5) is 0 Å². The number of amides is 3. The maximum atomic E-state index is 12.1. The lowest BCUT2D eigenvalue weighted by atomic mass is 9.85. The minimum absolute atomic E-state index is 0.0619. The molecule has 1 N–H and O–H groups in total. The van der Waals surface area contributed by atoms with Gasteiger partial charge in [0.1, 0.15) is 0 Å². The molecule has 1 aliphatic carbocycles. The molecule has 1 fully saturated rings. The molecule has 0 aromatic carbocycles. The highest BCUT2D eigenvalue weighted by molar-refractivity contribution is 6.05. The fraction of sp³-hybridized carbons (Fsp3) is 0.615. The van der Waals surface area contributed by atoms with Gasteiger partial charge in [0.2, 0.25) is 17.7 Å². The number of rotatable bonds is 4. The summed E-state index contributed by atoms with van der Waals surface area (Å²) in [5.74, 6) is -0.518. The third-order valence-corrected chi connectivity index (χ3v) is 3.66. The number of carbonyl (C=O) groups is 3. The molecule has 98 valence electrons. The van der Waals surface area contributed by atoms with E-state index in [9.17, 15) is 14.4 Å². The van der Waals surface area contributed by atoms with E-state index in [1.165, 1.54) is 4.90 Å². The predicted molar refractivity (Wildman–Crippen MR) is 65.4 cm³/mol. The van der Waals surface area contributed by atoms with Crippen LogP contribution in [0.1, 0.15) is 25.7 Å². The molecule has 1 heterocycles. The number of likely N-dealkylation sites (tertiary alicyclic amines) is 1. The Kier molecular flexibility index (Phi) is 3.79. The second-order valence-electron chi connectivity index (χ2n) is 4.76. The van der Waals surface area contributed by atoms with Crippen LogP contribution in [0.5, 0.6) is 0 Å². The van der Waals surface area contributed by atoms with Crippen molar-refractivity contribution in [3.8, 4) is 0 Å². The summed E-state index contributed by atoms with van der Waals surface area (Å²) in [4.78, 5) is 36.6. The van der Waals surface area contributed by atoms with Crippen LogP contribution >= 0.6 is 0 Å². The van der Waals surface area contributed by atoms with Gasteiger partial charge in [-0.1, -0.05) is 12.2 Å². The van der Waals surface area contributed by atoms with E-state index < -0.39 is 0 Å². The highest BCUT2D eigenvalue weighted by Crippen LogP contribution is 2.34. The predicted octanol–water partition coefficient (Wildman–Crippen LogP) is 0.464. The second-order valence-corrected chi connectivity index (χ2v) is 4.76. The summed E-state index contributed by atoms with van der Waals surface area (Å²) in [6.07, 6.45) is 6.16. The molecule has 0 aromatic heterocycles. The molecule has 0 saturated carbocycles. The number of imide groups is 1. The van der Waals surface area contributed by atoms with Crippen molar-refractivity contribution in [2.24, 2.45) is 11.8 Å². The lowest BCUT2D eigenvalue weighted by Crippen LogP contribution is -2.32. The van der Waals surface area contributed by atoms with E-state index in [2.05, 4.69) is 5.32 Å². The Morgan fingerprint density at radius 3 is 2.33 bits per heavy atom. The van der Waals surface area contributed by atoms with Crippen LogP contribution in [-0.4, -0.2) is 36.2 Å². The second kappa shape index (κ2) is 5.33. The minimum atomic E-state index is -0.164. The van der Waals surface area contributed by atoms with Gasteiger partial charge in [-0.05, 0) is 19.3 Å². The normalized spacial score (nSPS) is 26.4. The lowest BCUT2D eigenvalue weighted by Gasteiger charge is -2.14. The topological polar surface area (TPSA) is 66.5 Å². The average Bonchev–Trinajstić information content (AvgIpc) is 2.64. The first kappa shape index (κ1) is 12.8. The van der Waals surface area contributed by atoms with Gasteiger partial charge in [0.25, 0.3) is 0 Å². The Bertz CT molecular complexity index is 377. The van der Waals surface area contributed by atoms with Gasteiger partial charge in [0, 0.05) is 20.0 Å². The fourth-order valence-electron chi connectivity index (χ4n) is 2.61. The van der Waals surface area contributed by atoms with Crippen molar-refractivity contribution >= 4 is 17.7 Å². The Morgan fingerprint density at radius 2 is 1.83 bits per heavy atom. The molecule has 1 aliphatic heterocycles. The van der Waals surface area contributed by atoms with Gasteiger partial charge in [-0.2, -0.15) is 0 Å². The van der Waals surface area contributed by atoms with Crippen LogP contribution in [0, 0.1) is 11.8 Å². The van der Waals surface area contributed by atoms with E-state index >= 15 is 0 Å². The molecule has 0 aromatic rings. The highest BCUT2D eigenvalue weighted by Gasteiger charge is 2.46. The molecule has 1 saturated heterocycles. The summed E-state index contributed by atoms with van der Waals surface area (Å²) >= 11 is 0. The van der Waals surface area contributed by atoms with Gasteiger partial charge in [0.15, 0.2) is 0 Å². The molecule has 3 amide bonds. The number of fused-ring (bicyclic) bond motifs is 1. The zero-order chi connectivity index (χ0) is 13.1. The number of allylic oxidation sites excluding steroid dienone is 2. The van der Waals surface area contributed by atoms with Crippen LogP contribution in [0.15, 0.2) is 12.2 Å². The Hall–Kier alpha value is -1.65. The van der Waals surface area contributed by atoms with Crippen molar-refractivity contribution < 1.29 is 14.4 Å². The number of carbonyl (C=O) groups excluding carboxylic acids is 3. The number of nitrogens with one attached hydrogen (secondary N) is 1. The standard InChI is InChI=1S/C13H18N2O3/c1-14-11(16)7-4-8-15-12(17)9-5-2-3-6-10(9)13(15)18/h2-3,9-10H,4-8H2,1H3,(H,14,16)/t9-,10-/m0/s1. The average molecular weight is 250 g/mol. The van der Waals surface area contributed by atoms with Gasteiger partial charge >= 0.3 is 0 Å². The summed E-state index contributed by atoms with van der Waals surface area (Å²) in [6.45, 7) is 0.359. The van der Waals surface area contributed by atoms with Crippen molar-refractivity contribution in [2.75, 3.05) is 13.6 Å². The van der Waals surface area contributed by atoms with Gasteiger partial charge in [-0.15, -0.1) is 0 Å². The van der Waals surface area contributed by atoms with Gasteiger partial charge in [0.05, 0.1) is 11.8 Å². The first-order valence-electron chi connectivity index (χ1n) is 6.36. The largest absolute Gasteiger partial charge is 0.359 e. The molecule has 0 spiro atoms. The quantitative estimate of drug-likeness (QED) is 0.582. The van der Waals surface area contributed by atoms with E-state index in [1.54, 1.807) is 7.05 Å². The summed E-state index contributed by atoms with van der Waals surface area (Å²) in [7, 11) is 1.58. The van der Waals surface area contributed by atoms with Crippen LogP contribution in [0.25, 0.3) is 0 Å². The Labute approximate surface area is 106 Å². The van der Waals surface area contributed by atoms with Crippen molar-refractivity contribution in [3.05, 3.63) is 12.2 Å². The van der Waals surface area contributed by atoms with Crippen molar-refractivity contribution in [1.29, 1.82) is 0 Å². The zero-order valence-corrected chi connectivity index (χ0v) is 10.5. The van der Waals surface area contributed by atoms with Crippen LogP contribution in [-0.2, 0) is 14.4 Å². The molecule has 18 heavy (non-hydrogen) atoms. The van der Waals surface area contributed by atoms with Gasteiger partial charge < -0.3 is 5.32 Å². The molecular formula is C13H18N2O3. The van der Waals surface area contributed by atoms with E-state index in [0.717, 1.165) is 0 Å². The molecule has 2 aliphatic rings. The first-order valence-corrected chi connectivity index (χ1v) is 6.36. The Balaban J connectivity index is 1.92. The third-order valence-electron chi connectivity index (χ3n) is 3.66. The Morgan fingerprint density at radius 1 is 1.28 bits per heavy atom. The lowest BCUT2D eigenvalue weighted by molar-refractivity contribution is -0.140. The van der Waals surface area contributed by atoms with Crippen LogP contribution < -0.4 is 5.32 Å². The summed E-state index contributed by atoms with van der Waals surface area (Å²) in [5.41, 5.74) is 0. The molecule has 2 rings (SSSR count). The first-order chi connectivity index (χ1) is 8.65. The van der Waals surface area contributed by atoms with Crippen LogP contribution in [0.2, 0.25) is 0 Å². The third kappa shape index (κ3) is 2.30. The smallest absolute Gasteiger partial charge is 0.233 e. The number of nitrogens with zero attached hydrogens (tertiary/aromatic N) is 1. The van der Waals surface area contributed by atoms with E-state index in [1.807, 2.05) is 12.2 Å². The van der Waals surface area contributed by atoms with Crippen molar-refractivity contribution in [1.82, 2.24) is 10.2 Å². The van der Waals surface area contributed by atoms with Crippen molar-refractivity contribution in [2.45, 2.75) is 25.7 Å². The molecule has 5 nitrogen and oxygen atoms in total. The molecule has 2 atom stereocenters. The SMILES string of the molecule is CNC(=O)CCCN1C(=O)[C@H]2CC=CC[C@@H]2C1=O. The van der Waals surface area contributed by atoms with Gasteiger partial charge in [-0.25, -0.2) is 0 Å². The maximum Gasteiger partial charge on any atom is 0.233 e. The summed E-state index contributed by atoms with van der Waals surface area (Å²) in [5, 5.41) is 2.53. The highest BCUT2D eigenvalue weighted by atomic mass is 16.2. The maximum absolute atomic E-state index is 12.1. The molecule has 0 bridgehead atoms. The molecule has 0 radical (unpaired) electrons. The van der Waals surface area contributed by atoms with Crippen molar-refractivity contribution in [3.63, 3.8) is 0 Å². The summed E-state index contributed by atoms with van der Waals surface area (Å²) < 4.78 is 0. The minimum Gasteiger partial charge on any atom is -0.359 e. The van der Waals surface area contributed by atoms with Crippen LogP contribution in [0.3, 0.4) is 0 Å².